The van der Waals surface area contributed by atoms with Crippen LogP contribution in [0.4, 0.5) is 0 Å². The van der Waals surface area contributed by atoms with Crippen LogP contribution < -0.4 is 10.1 Å². The van der Waals surface area contributed by atoms with Crippen molar-refractivity contribution in [3.8, 4) is 5.75 Å². The number of methoxy groups -OCH3 is 1. The molecule has 126 valence electrons. The Balaban J connectivity index is 1.44. The first-order chi connectivity index (χ1) is 11.2. The van der Waals surface area contributed by atoms with Gasteiger partial charge in [0.05, 0.1) is 25.4 Å². The lowest BCUT2D eigenvalue weighted by atomic mass is 9.82. The van der Waals surface area contributed by atoms with E-state index in [2.05, 4.69) is 5.32 Å². The Morgan fingerprint density at radius 3 is 2.96 bits per heavy atom. The molecule has 4 heteroatoms. The number of amides is 1. The van der Waals surface area contributed by atoms with Gasteiger partial charge < -0.3 is 14.8 Å². The SMILES string of the molecule is COc1cccc(CCC(=O)NC2COC3(CCCCC3)C2)c1. The van der Waals surface area contributed by atoms with E-state index in [9.17, 15) is 4.79 Å². The van der Waals surface area contributed by atoms with E-state index in [-0.39, 0.29) is 17.6 Å². The van der Waals surface area contributed by atoms with Gasteiger partial charge in [0.25, 0.3) is 0 Å². The number of benzene rings is 1. The largest absolute Gasteiger partial charge is 0.497 e. The number of carbonyl (C=O) groups excluding carboxylic acids is 1. The summed E-state index contributed by atoms with van der Waals surface area (Å²) in [4.78, 5) is 12.2. The highest BCUT2D eigenvalue weighted by Gasteiger charge is 2.41. The Morgan fingerprint density at radius 2 is 2.17 bits per heavy atom. The fraction of sp³-hybridized carbons (Fsp3) is 0.632. The summed E-state index contributed by atoms with van der Waals surface area (Å²) in [6.07, 6.45) is 8.39. The molecule has 1 N–H and O–H groups in total. The number of ether oxygens (including phenoxy) is 2. The van der Waals surface area contributed by atoms with E-state index in [0.717, 1.165) is 37.0 Å². The molecular weight excluding hydrogens is 290 g/mol. The molecule has 0 aromatic heterocycles. The third-order valence-electron chi connectivity index (χ3n) is 5.11. The highest BCUT2D eigenvalue weighted by molar-refractivity contribution is 5.76. The van der Waals surface area contributed by atoms with E-state index in [4.69, 9.17) is 9.47 Å². The van der Waals surface area contributed by atoms with Crippen LogP contribution in [-0.4, -0.2) is 31.3 Å². The van der Waals surface area contributed by atoms with E-state index in [1.165, 1.54) is 19.3 Å². The smallest absolute Gasteiger partial charge is 0.220 e. The Hall–Kier alpha value is -1.55. The van der Waals surface area contributed by atoms with Crippen LogP contribution in [0.2, 0.25) is 0 Å². The van der Waals surface area contributed by atoms with E-state index >= 15 is 0 Å². The normalized spacial score (nSPS) is 22.9. The summed E-state index contributed by atoms with van der Waals surface area (Å²) in [7, 11) is 1.66. The van der Waals surface area contributed by atoms with Crippen LogP contribution >= 0.6 is 0 Å². The van der Waals surface area contributed by atoms with Gasteiger partial charge in [-0.2, -0.15) is 0 Å². The maximum atomic E-state index is 12.2. The molecule has 1 aromatic carbocycles. The van der Waals surface area contributed by atoms with Crippen molar-refractivity contribution in [3.63, 3.8) is 0 Å². The predicted molar refractivity (Wildman–Crippen MR) is 89.6 cm³/mol. The van der Waals surface area contributed by atoms with E-state index in [1.54, 1.807) is 7.11 Å². The van der Waals surface area contributed by atoms with Crippen LogP contribution in [0.3, 0.4) is 0 Å². The molecule has 1 spiro atoms. The lowest BCUT2D eigenvalue weighted by Crippen LogP contribution is -2.37. The van der Waals surface area contributed by atoms with Crippen LogP contribution in [0, 0.1) is 0 Å². The Bertz CT molecular complexity index is 537. The Morgan fingerprint density at radius 1 is 1.35 bits per heavy atom. The molecule has 1 atom stereocenters. The molecule has 1 heterocycles. The molecule has 23 heavy (non-hydrogen) atoms. The van der Waals surface area contributed by atoms with Crippen molar-refractivity contribution in [2.45, 2.75) is 63.0 Å². The Kier molecular flexibility index (Phi) is 5.21. The second kappa shape index (κ2) is 7.35. The molecular formula is C19H27NO3. The topological polar surface area (TPSA) is 47.6 Å². The molecule has 4 nitrogen and oxygen atoms in total. The number of carbonyl (C=O) groups is 1. The number of hydrogen-bond acceptors (Lipinski definition) is 3. The summed E-state index contributed by atoms with van der Waals surface area (Å²) in [6, 6.07) is 8.09. The quantitative estimate of drug-likeness (QED) is 0.907. The number of hydrogen-bond donors (Lipinski definition) is 1. The van der Waals surface area contributed by atoms with Crippen molar-refractivity contribution in [1.29, 1.82) is 0 Å². The van der Waals surface area contributed by atoms with Gasteiger partial charge in [-0.1, -0.05) is 31.4 Å². The van der Waals surface area contributed by atoms with Gasteiger partial charge in [-0.15, -0.1) is 0 Å². The molecule has 2 fully saturated rings. The van der Waals surface area contributed by atoms with Gasteiger partial charge in [-0.05, 0) is 43.4 Å². The van der Waals surface area contributed by atoms with Gasteiger partial charge in [-0.25, -0.2) is 0 Å². The molecule has 0 radical (unpaired) electrons. The molecule has 3 rings (SSSR count). The monoisotopic (exact) mass is 317 g/mol. The van der Waals surface area contributed by atoms with Gasteiger partial charge in [0.1, 0.15) is 5.75 Å². The zero-order valence-electron chi connectivity index (χ0n) is 14.0. The van der Waals surface area contributed by atoms with Gasteiger partial charge in [-0.3, -0.25) is 4.79 Å². The average Bonchev–Trinajstić information content (AvgIpc) is 2.96. The first kappa shape index (κ1) is 16.3. The molecule has 2 aliphatic rings. The van der Waals surface area contributed by atoms with Crippen molar-refractivity contribution in [2.75, 3.05) is 13.7 Å². The summed E-state index contributed by atoms with van der Waals surface area (Å²) in [6.45, 7) is 0.672. The second-order valence-electron chi connectivity index (χ2n) is 6.87. The maximum Gasteiger partial charge on any atom is 0.220 e. The molecule has 1 saturated heterocycles. The van der Waals surface area contributed by atoms with E-state index < -0.39 is 0 Å². The second-order valence-corrected chi connectivity index (χ2v) is 6.87. The van der Waals surface area contributed by atoms with Crippen LogP contribution in [0.25, 0.3) is 0 Å². The molecule has 1 amide bonds. The van der Waals surface area contributed by atoms with Gasteiger partial charge in [0.2, 0.25) is 5.91 Å². The van der Waals surface area contributed by atoms with E-state index in [0.29, 0.717) is 13.0 Å². The van der Waals surface area contributed by atoms with Crippen molar-refractivity contribution >= 4 is 5.91 Å². The first-order valence-corrected chi connectivity index (χ1v) is 8.75. The first-order valence-electron chi connectivity index (χ1n) is 8.75. The number of aryl methyl sites for hydroxylation is 1. The fourth-order valence-electron chi connectivity index (χ4n) is 3.87. The van der Waals surface area contributed by atoms with Crippen molar-refractivity contribution in [2.24, 2.45) is 0 Å². The van der Waals surface area contributed by atoms with Crippen molar-refractivity contribution in [3.05, 3.63) is 29.8 Å². The summed E-state index contributed by atoms with van der Waals surface area (Å²) in [5.41, 5.74) is 1.19. The lowest BCUT2D eigenvalue weighted by molar-refractivity contribution is -0.121. The van der Waals surface area contributed by atoms with Crippen LogP contribution in [0.1, 0.15) is 50.5 Å². The minimum absolute atomic E-state index is 0.0585. The van der Waals surface area contributed by atoms with Crippen LogP contribution in [0.5, 0.6) is 5.75 Å². The third-order valence-corrected chi connectivity index (χ3v) is 5.11. The standard InChI is InChI=1S/C19H27NO3/c1-22-17-7-5-6-15(12-17)8-9-18(21)20-16-13-19(23-14-16)10-3-2-4-11-19/h5-7,12,16H,2-4,8-11,13-14H2,1H3,(H,20,21). The summed E-state index contributed by atoms with van der Waals surface area (Å²) >= 11 is 0. The average molecular weight is 317 g/mol. The summed E-state index contributed by atoms with van der Waals surface area (Å²) < 4.78 is 11.3. The zero-order valence-corrected chi connectivity index (χ0v) is 14.0. The highest BCUT2D eigenvalue weighted by atomic mass is 16.5. The maximum absolute atomic E-state index is 12.2. The fourth-order valence-corrected chi connectivity index (χ4v) is 3.87. The van der Waals surface area contributed by atoms with Crippen LogP contribution in [0.15, 0.2) is 24.3 Å². The third kappa shape index (κ3) is 4.25. The van der Waals surface area contributed by atoms with E-state index in [1.807, 2.05) is 24.3 Å². The lowest BCUT2D eigenvalue weighted by Gasteiger charge is -2.32. The van der Waals surface area contributed by atoms with Crippen LogP contribution in [-0.2, 0) is 16.0 Å². The molecule has 1 aliphatic carbocycles. The van der Waals surface area contributed by atoms with Gasteiger partial charge >= 0.3 is 0 Å². The molecule has 1 aromatic rings. The zero-order chi connectivity index (χ0) is 16.1. The Labute approximate surface area is 138 Å². The summed E-state index contributed by atoms with van der Waals surface area (Å²) in [5.74, 6) is 0.959. The van der Waals surface area contributed by atoms with Crippen molar-refractivity contribution in [1.82, 2.24) is 5.32 Å². The number of rotatable bonds is 5. The molecule has 1 saturated carbocycles. The number of nitrogens with one attached hydrogen (secondary N) is 1. The van der Waals surface area contributed by atoms with Gasteiger partial charge in [0.15, 0.2) is 0 Å². The molecule has 0 bridgehead atoms. The van der Waals surface area contributed by atoms with Gasteiger partial charge in [0, 0.05) is 6.42 Å². The molecule has 1 unspecified atom stereocenters. The predicted octanol–water partition coefficient (Wildman–Crippen LogP) is 3.24. The summed E-state index contributed by atoms with van der Waals surface area (Å²) in [5, 5.41) is 3.15. The molecule has 1 aliphatic heterocycles. The minimum Gasteiger partial charge on any atom is -0.497 e. The van der Waals surface area contributed by atoms with Crippen molar-refractivity contribution < 1.29 is 14.3 Å². The minimum atomic E-state index is 0.0585. The highest BCUT2D eigenvalue weighted by Crippen LogP contribution is 2.39.